The Balaban J connectivity index is 1.85. The van der Waals surface area contributed by atoms with Gasteiger partial charge in [-0.2, -0.15) is 0 Å². The van der Waals surface area contributed by atoms with Crippen LogP contribution in [0.3, 0.4) is 0 Å². The number of methoxy groups -OCH3 is 1. The van der Waals surface area contributed by atoms with Gasteiger partial charge in [-0.05, 0) is 41.3 Å². The molecule has 0 saturated heterocycles. The van der Waals surface area contributed by atoms with Gasteiger partial charge in [0, 0.05) is 12.6 Å². The minimum Gasteiger partial charge on any atom is -0.465 e. The maximum absolute atomic E-state index is 13.1. The van der Waals surface area contributed by atoms with Crippen LogP contribution in [0.5, 0.6) is 0 Å². The van der Waals surface area contributed by atoms with Crippen molar-refractivity contribution in [1.82, 2.24) is 10.6 Å². The number of nitrogens with one attached hydrogen (secondary N) is 2. The monoisotopic (exact) mass is 372 g/mol. The van der Waals surface area contributed by atoms with Crippen molar-refractivity contribution in [1.29, 1.82) is 0 Å². The van der Waals surface area contributed by atoms with Gasteiger partial charge in [0.2, 0.25) is 5.91 Å². The van der Waals surface area contributed by atoms with Gasteiger partial charge in [0.1, 0.15) is 5.82 Å². The molecule has 0 heterocycles. The quantitative estimate of drug-likeness (QED) is 0.698. The summed E-state index contributed by atoms with van der Waals surface area (Å²) < 4.78 is 17.8. The molecular formula is C21H25FN2O3. The Bertz CT molecular complexity index is 758. The van der Waals surface area contributed by atoms with E-state index in [0.29, 0.717) is 12.1 Å². The summed E-state index contributed by atoms with van der Waals surface area (Å²) in [4.78, 5) is 23.6. The molecule has 2 aromatic rings. The van der Waals surface area contributed by atoms with Gasteiger partial charge in [0.15, 0.2) is 0 Å². The van der Waals surface area contributed by atoms with E-state index in [1.165, 1.54) is 19.2 Å². The van der Waals surface area contributed by atoms with E-state index in [0.717, 1.165) is 11.1 Å². The first-order valence-corrected chi connectivity index (χ1v) is 8.83. The van der Waals surface area contributed by atoms with Crippen molar-refractivity contribution < 1.29 is 18.7 Å². The van der Waals surface area contributed by atoms with Crippen molar-refractivity contribution in [2.24, 2.45) is 5.92 Å². The summed E-state index contributed by atoms with van der Waals surface area (Å²) in [5.74, 6) is -0.568. The van der Waals surface area contributed by atoms with Crippen LogP contribution in [0.2, 0.25) is 0 Å². The Labute approximate surface area is 158 Å². The van der Waals surface area contributed by atoms with E-state index in [1.807, 2.05) is 13.8 Å². The third kappa shape index (κ3) is 6.18. The molecule has 0 radical (unpaired) electrons. The SMILES string of the molecule is COC(=O)c1ccc(CNC(=O)CN[C@H](c2ccc(F)cc2)C(C)C)cc1. The minimum absolute atomic E-state index is 0.0457. The number of benzene rings is 2. The number of hydrogen-bond donors (Lipinski definition) is 2. The Morgan fingerprint density at radius 3 is 2.22 bits per heavy atom. The zero-order chi connectivity index (χ0) is 19.8. The second-order valence-electron chi connectivity index (χ2n) is 6.62. The minimum atomic E-state index is -0.393. The topological polar surface area (TPSA) is 67.4 Å². The van der Waals surface area contributed by atoms with Crippen LogP contribution in [0, 0.1) is 11.7 Å². The van der Waals surface area contributed by atoms with Crippen molar-refractivity contribution in [3.8, 4) is 0 Å². The van der Waals surface area contributed by atoms with Gasteiger partial charge in [-0.1, -0.05) is 38.1 Å². The van der Waals surface area contributed by atoms with Gasteiger partial charge in [0.25, 0.3) is 0 Å². The van der Waals surface area contributed by atoms with Crippen molar-refractivity contribution >= 4 is 11.9 Å². The highest BCUT2D eigenvalue weighted by Crippen LogP contribution is 2.21. The number of ether oxygens (including phenoxy) is 1. The van der Waals surface area contributed by atoms with E-state index in [1.54, 1.807) is 36.4 Å². The predicted octanol–water partition coefficient (Wildman–Crippen LogP) is 3.22. The van der Waals surface area contributed by atoms with Gasteiger partial charge < -0.3 is 15.4 Å². The summed E-state index contributed by atoms with van der Waals surface area (Å²) in [6.07, 6.45) is 0. The molecule has 0 unspecified atom stereocenters. The van der Waals surface area contributed by atoms with Crippen LogP contribution in [0.25, 0.3) is 0 Å². The fraction of sp³-hybridized carbons (Fsp3) is 0.333. The molecule has 0 spiro atoms. The van der Waals surface area contributed by atoms with Gasteiger partial charge in [-0.25, -0.2) is 9.18 Å². The van der Waals surface area contributed by atoms with Crippen LogP contribution >= 0.6 is 0 Å². The van der Waals surface area contributed by atoms with Crippen LogP contribution in [0.1, 0.15) is 41.4 Å². The lowest BCUT2D eigenvalue weighted by atomic mass is 9.96. The maximum Gasteiger partial charge on any atom is 0.337 e. The normalized spacial score (nSPS) is 11.9. The van der Waals surface area contributed by atoms with Crippen molar-refractivity contribution in [3.05, 3.63) is 71.0 Å². The number of esters is 1. The fourth-order valence-corrected chi connectivity index (χ4v) is 2.75. The fourth-order valence-electron chi connectivity index (χ4n) is 2.75. The molecule has 5 nitrogen and oxygen atoms in total. The highest BCUT2D eigenvalue weighted by molar-refractivity contribution is 5.89. The average molecular weight is 372 g/mol. The first-order chi connectivity index (χ1) is 12.9. The smallest absolute Gasteiger partial charge is 0.337 e. The van der Waals surface area contributed by atoms with Crippen LogP contribution < -0.4 is 10.6 Å². The highest BCUT2D eigenvalue weighted by Gasteiger charge is 2.16. The van der Waals surface area contributed by atoms with Crippen LogP contribution in [-0.2, 0) is 16.1 Å². The second-order valence-corrected chi connectivity index (χ2v) is 6.62. The van der Waals surface area contributed by atoms with E-state index in [9.17, 15) is 14.0 Å². The summed E-state index contributed by atoms with van der Waals surface area (Å²) in [5, 5.41) is 6.07. The van der Waals surface area contributed by atoms with Crippen molar-refractivity contribution in [2.75, 3.05) is 13.7 Å². The van der Waals surface area contributed by atoms with E-state index in [2.05, 4.69) is 15.4 Å². The number of amides is 1. The molecule has 2 aromatic carbocycles. The van der Waals surface area contributed by atoms with Crippen LogP contribution in [0.4, 0.5) is 4.39 Å². The predicted molar refractivity (Wildman–Crippen MR) is 102 cm³/mol. The molecule has 27 heavy (non-hydrogen) atoms. The molecule has 0 saturated carbocycles. The molecule has 6 heteroatoms. The maximum atomic E-state index is 13.1. The first-order valence-electron chi connectivity index (χ1n) is 8.83. The standard InChI is InChI=1S/C21H25FN2O3/c1-14(2)20(16-8-10-18(22)11-9-16)24-13-19(25)23-12-15-4-6-17(7-5-15)21(26)27-3/h4-11,14,20,24H,12-13H2,1-3H3,(H,23,25)/t20-/m0/s1. The van der Waals surface area contributed by atoms with Crippen molar-refractivity contribution in [3.63, 3.8) is 0 Å². The molecule has 2 rings (SSSR count). The number of rotatable bonds is 8. The van der Waals surface area contributed by atoms with E-state index in [4.69, 9.17) is 0 Å². The molecule has 0 fully saturated rings. The van der Waals surface area contributed by atoms with Crippen molar-refractivity contribution in [2.45, 2.75) is 26.4 Å². The number of carbonyl (C=O) groups excluding carboxylic acids is 2. The Morgan fingerprint density at radius 1 is 1.04 bits per heavy atom. The molecule has 0 bridgehead atoms. The van der Waals surface area contributed by atoms with E-state index < -0.39 is 5.97 Å². The molecule has 1 atom stereocenters. The third-order valence-electron chi connectivity index (χ3n) is 4.24. The molecule has 144 valence electrons. The van der Waals surface area contributed by atoms with E-state index in [-0.39, 0.29) is 30.2 Å². The Hall–Kier alpha value is -2.73. The lowest BCUT2D eigenvalue weighted by molar-refractivity contribution is -0.120. The lowest BCUT2D eigenvalue weighted by Crippen LogP contribution is -2.37. The van der Waals surface area contributed by atoms with Gasteiger partial charge in [-0.3, -0.25) is 4.79 Å². The summed E-state index contributed by atoms with van der Waals surface area (Å²) in [7, 11) is 1.33. The van der Waals surface area contributed by atoms with E-state index >= 15 is 0 Å². The number of carbonyl (C=O) groups is 2. The van der Waals surface area contributed by atoms with Gasteiger partial charge in [-0.15, -0.1) is 0 Å². The van der Waals surface area contributed by atoms with Crippen LogP contribution in [-0.4, -0.2) is 25.5 Å². The molecule has 0 aliphatic rings. The molecule has 0 aliphatic heterocycles. The molecule has 1 amide bonds. The average Bonchev–Trinajstić information content (AvgIpc) is 2.67. The van der Waals surface area contributed by atoms with Crippen LogP contribution in [0.15, 0.2) is 48.5 Å². The zero-order valence-corrected chi connectivity index (χ0v) is 15.8. The molecular weight excluding hydrogens is 347 g/mol. The summed E-state index contributed by atoms with van der Waals surface area (Å²) in [6.45, 7) is 4.61. The third-order valence-corrected chi connectivity index (χ3v) is 4.24. The molecule has 0 aliphatic carbocycles. The number of hydrogen-bond acceptors (Lipinski definition) is 4. The molecule has 2 N–H and O–H groups in total. The first kappa shape index (κ1) is 20.6. The highest BCUT2D eigenvalue weighted by atomic mass is 19.1. The zero-order valence-electron chi connectivity index (χ0n) is 15.8. The second kappa shape index (κ2) is 9.83. The van der Waals surface area contributed by atoms with Gasteiger partial charge in [0.05, 0.1) is 19.2 Å². The summed E-state index contributed by atoms with van der Waals surface area (Å²) >= 11 is 0. The largest absolute Gasteiger partial charge is 0.465 e. The summed E-state index contributed by atoms with van der Waals surface area (Å²) in [5.41, 5.74) is 2.29. The Morgan fingerprint density at radius 2 is 1.67 bits per heavy atom. The Kier molecular flexibility index (Phi) is 7.49. The molecule has 0 aromatic heterocycles. The lowest BCUT2D eigenvalue weighted by Gasteiger charge is -2.22. The van der Waals surface area contributed by atoms with Gasteiger partial charge >= 0.3 is 5.97 Å². The number of halogens is 1. The summed E-state index contributed by atoms with van der Waals surface area (Å²) in [6, 6.07) is 13.1.